The molecule has 1 N–H and O–H groups in total. The monoisotopic (exact) mass is 485 g/mol. The number of hydrogen-bond donors (Lipinski definition) is 1. The summed E-state index contributed by atoms with van der Waals surface area (Å²) < 4.78 is 24.5. The van der Waals surface area contributed by atoms with Crippen LogP contribution >= 0.6 is 0 Å². The lowest BCUT2D eigenvalue weighted by atomic mass is 9.97. The molecule has 1 heterocycles. The van der Waals surface area contributed by atoms with Crippen LogP contribution in [0.25, 0.3) is 22.4 Å². The van der Waals surface area contributed by atoms with E-state index in [1.165, 1.54) is 6.07 Å². The van der Waals surface area contributed by atoms with Gasteiger partial charge in [0.05, 0.1) is 10.6 Å². The molecule has 6 nitrogen and oxygen atoms in total. The molecule has 1 amide bonds. The number of carbonyl (C=O) groups excluding carboxylic acids is 1. The fourth-order valence-corrected chi connectivity index (χ4v) is 4.53. The third-order valence-electron chi connectivity index (χ3n) is 5.48. The number of aromatic nitrogens is 1. The van der Waals surface area contributed by atoms with Gasteiger partial charge in [0.15, 0.2) is 9.84 Å². The van der Waals surface area contributed by atoms with Crippen LogP contribution in [-0.4, -0.2) is 44.6 Å². The van der Waals surface area contributed by atoms with Crippen molar-refractivity contribution < 1.29 is 13.2 Å². The maximum Gasteiger partial charge on any atom is 0.256 e. The predicted octanol–water partition coefficient (Wildman–Crippen LogP) is 5.13. The molecule has 0 fully saturated rings. The van der Waals surface area contributed by atoms with E-state index < -0.39 is 9.84 Å². The molecule has 35 heavy (non-hydrogen) atoms. The average Bonchev–Trinajstić information content (AvgIpc) is 2.83. The van der Waals surface area contributed by atoms with Gasteiger partial charge in [0.2, 0.25) is 0 Å². The van der Waals surface area contributed by atoms with Gasteiger partial charge in [0, 0.05) is 35.8 Å². The number of amides is 1. The van der Waals surface area contributed by atoms with Crippen molar-refractivity contribution in [1.29, 1.82) is 0 Å². The summed E-state index contributed by atoms with van der Waals surface area (Å²) in [7, 11) is 0.515. The highest BCUT2D eigenvalue weighted by Gasteiger charge is 2.18. The Kier molecular flexibility index (Phi) is 7.10. The van der Waals surface area contributed by atoms with Crippen LogP contribution in [0.4, 0.5) is 5.69 Å². The van der Waals surface area contributed by atoms with Crippen LogP contribution < -0.4 is 5.32 Å². The van der Waals surface area contributed by atoms with E-state index in [0.29, 0.717) is 16.8 Å². The Morgan fingerprint density at radius 1 is 0.886 bits per heavy atom. The van der Waals surface area contributed by atoms with E-state index in [9.17, 15) is 13.2 Å². The quantitative estimate of drug-likeness (QED) is 0.392. The zero-order valence-corrected chi connectivity index (χ0v) is 20.7. The van der Waals surface area contributed by atoms with Gasteiger partial charge in [0.25, 0.3) is 5.91 Å². The Morgan fingerprint density at radius 2 is 1.66 bits per heavy atom. The lowest BCUT2D eigenvalue weighted by Gasteiger charge is -2.15. The first-order valence-corrected chi connectivity index (χ1v) is 13.0. The lowest BCUT2D eigenvalue weighted by molar-refractivity contribution is 0.102. The maximum atomic E-state index is 13.4. The summed E-state index contributed by atoms with van der Waals surface area (Å²) in [5, 5.41) is 2.96. The van der Waals surface area contributed by atoms with Gasteiger partial charge in [-0.2, -0.15) is 0 Å². The van der Waals surface area contributed by atoms with Crippen molar-refractivity contribution in [3.63, 3.8) is 0 Å². The number of anilines is 1. The summed E-state index contributed by atoms with van der Waals surface area (Å²) in [6.45, 7) is 0.724. The Morgan fingerprint density at radius 3 is 2.37 bits per heavy atom. The minimum Gasteiger partial charge on any atom is -0.322 e. The standard InChI is InChI=1S/C28H27N3O3S/c1-31(2)19-20-8-6-9-21(16-20)26-18-24(35(3,33)34)13-14-25(26)28(32)30-23-11-7-10-22(17-23)27-12-4-5-15-29-27/h4-18H,19H2,1-3H3,(H,30,32). The average molecular weight is 486 g/mol. The van der Waals surface area contributed by atoms with Crippen LogP contribution in [0.5, 0.6) is 0 Å². The summed E-state index contributed by atoms with van der Waals surface area (Å²) in [6.07, 6.45) is 2.89. The second-order valence-electron chi connectivity index (χ2n) is 8.67. The number of benzene rings is 3. The zero-order valence-electron chi connectivity index (χ0n) is 19.9. The zero-order chi connectivity index (χ0) is 25.0. The van der Waals surface area contributed by atoms with Gasteiger partial charge >= 0.3 is 0 Å². The number of sulfone groups is 1. The van der Waals surface area contributed by atoms with Crippen LogP contribution in [-0.2, 0) is 16.4 Å². The molecule has 0 spiro atoms. The van der Waals surface area contributed by atoms with Crippen molar-refractivity contribution >= 4 is 21.4 Å². The van der Waals surface area contributed by atoms with Crippen LogP contribution in [0.3, 0.4) is 0 Å². The SMILES string of the molecule is CN(C)Cc1cccc(-c2cc(S(C)(=O)=O)ccc2C(=O)Nc2cccc(-c3ccccn3)c2)c1. The van der Waals surface area contributed by atoms with E-state index in [-0.39, 0.29) is 10.8 Å². The summed E-state index contributed by atoms with van der Waals surface area (Å²) in [4.78, 5) is 20.0. The molecule has 0 saturated heterocycles. The lowest BCUT2D eigenvalue weighted by Crippen LogP contribution is -2.14. The fraction of sp³-hybridized carbons (Fsp3) is 0.143. The number of pyridine rings is 1. The van der Waals surface area contributed by atoms with Crippen molar-refractivity contribution in [1.82, 2.24) is 9.88 Å². The largest absolute Gasteiger partial charge is 0.322 e. The van der Waals surface area contributed by atoms with Gasteiger partial charge in [-0.15, -0.1) is 0 Å². The molecule has 0 unspecified atom stereocenters. The molecule has 178 valence electrons. The van der Waals surface area contributed by atoms with E-state index in [1.54, 1.807) is 18.3 Å². The van der Waals surface area contributed by atoms with Crippen molar-refractivity contribution in [3.8, 4) is 22.4 Å². The highest BCUT2D eigenvalue weighted by atomic mass is 32.2. The first-order chi connectivity index (χ1) is 16.7. The normalized spacial score (nSPS) is 11.4. The van der Waals surface area contributed by atoms with Crippen molar-refractivity contribution in [2.45, 2.75) is 11.4 Å². The molecule has 7 heteroatoms. The highest BCUT2D eigenvalue weighted by molar-refractivity contribution is 7.90. The Balaban J connectivity index is 1.73. The molecular formula is C28H27N3O3S. The van der Waals surface area contributed by atoms with Crippen molar-refractivity contribution in [3.05, 3.63) is 102 Å². The van der Waals surface area contributed by atoms with E-state index >= 15 is 0 Å². The highest BCUT2D eigenvalue weighted by Crippen LogP contribution is 2.29. The molecule has 0 aliphatic heterocycles. The summed E-state index contributed by atoms with van der Waals surface area (Å²) >= 11 is 0. The molecule has 0 aliphatic rings. The molecule has 0 bridgehead atoms. The van der Waals surface area contributed by atoms with Crippen molar-refractivity contribution in [2.75, 3.05) is 25.7 Å². The van der Waals surface area contributed by atoms with E-state index in [1.807, 2.05) is 85.7 Å². The molecule has 3 aromatic carbocycles. The maximum absolute atomic E-state index is 13.4. The summed E-state index contributed by atoms with van der Waals surface area (Å²) in [5.74, 6) is -0.323. The van der Waals surface area contributed by atoms with Crippen molar-refractivity contribution in [2.24, 2.45) is 0 Å². The van der Waals surface area contributed by atoms with Gasteiger partial charge in [0.1, 0.15) is 0 Å². The number of hydrogen-bond acceptors (Lipinski definition) is 5. The molecule has 0 atom stereocenters. The molecule has 4 aromatic rings. The summed E-state index contributed by atoms with van der Waals surface area (Å²) in [6, 6.07) is 25.5. The molecule has 4 rings (SSSR count). The van der Waals surface area contributed by atoms with Gasteiger partial charge in [-0.05, 0) is 79.3 Å². The number of nitrogens with zero attached hydrogens (tertiary/aromatic N) is 2. The Labute approximate surface area is 206 Å². The topological polar surface area (TPSA) is 79.4 Å². The minimum absolute atomic E-state index is 0.166. The van der Waals surface area contributed by atoms with Crippen LogP contribution in [0.15, 0.2) is 96.0 Å². The van der Waals surface area contributed by atoms with E-state index in [0.717, 1.165) is 35.2 Å². The molecule has 0 aliphatic carbocycles. The van der Waals surface area contributed by atoms with Crippen LogP contribution in [0, 0.1) is 0 Å². The van der Waals surface area contributed by atoms with Gasteiger partial charge in [-0.3, -0.25) is 9.78 Å². The number of nitrogens with one attached hydrogen (secondary N) is 1. The number of carbonyl (C=O) groups is 1. The van der Waals surface area contributed by atoms with Gasteiger partial charge < -0.3 is 10.2 Å². The Bertz CT molecular complexity index is 1470. The van der Waals surface area contributed by atoms with E-state index in [4.69, 9.17) is 0 Å². The Hall–Kier alpha value is -3.81. The molecule has 0 saturated carbocycles. The second-order valence-corrected chi connectivity index (χ2v) is 10.7. The minimum atomic E-state index is -3.45. The molecule has 0 radical (unpaired) electrons. The predicted molar refractivity (Wildman–Crippen MR) is 140 cm³/mol. The molecule has 1 aromatic heterocycles. The fourth-order valence-electron chi connectivity index (χ4n) is 3.88. The second kappa shape index (κ2) is 10.2. The third kappa shape index (κ3) is 6.01. The van der Waals surface area contributed by atoms with Gasteiger partial charge in [-0.1, -0.05) is 36.4 Å². The number of rotatable bonds is 7. The van der Waals surface area contributed by atoms with E-state index in [2.05, 4.69) is 10.3 Å². The summed E-state index contributed by atoms with van der Waals surface area (Å²) in [5.41, 5.74) is 5.10. The van der Waals surface area contributed by atoms with Crippen LogP contribution in [0.1, 0.15) is 15.9 Å². The first kappa shape index (κ1) is 24.3. The van der Waals surface area contributed by atoms with Crippen LogP contribution in [0.2, 0.25) is 0 Å². The third-order valence-corrected chi connectivity index (χ3v) is 6.59. The van der Waals surface area contributed by atoms with Gasteiger partial charge in [-0.25, -0.2) is 8.42 Å². The smallest absolute Gasteiger partial charge is 0.256 e. The molecular weight excluding hydrogens is 458 g/mol. The first-order valence-electron chi connectivity index (χ1n) is 11.1.